The van der Waals surface area contributed by atoms with E-state index in [-0.39, 0.29) is 86.9 Å². The molecule has 0 unspecified atom stereocenters. The van der Waals surface area contributed by atoms with E-state index in [9.17, 15) is 139 Å². The van der Waals surface area contributed by atoms with Crippen LogP contribution in [-0.2, 0) is 144 Å². The summed E-state index contributed by atoms with van der Waals surface area (Å²) >= 11 is 0. The van der Waals surface area contributed by atoms with E-state index in [1.165, 1.54) is 0 Å². The van der Waals surface area contributed by atoms with Gasteiger partial charge in [-0.25, -0.2) is 0 Å². The number of carbonyl (C=O) groups is 12. The fourth-order valence-electron chi connectivity index (χ4n) is 2.69. The van der Waals surface area contributed by atoms with E-state index in [0.29, 0.717) is 0 Å². The van der Waals surface area contributed by atoms with Crippen LogP contribution < -0.4 is 81.7 Å². The van der Waals surface area contributed by atoms with Gasteiger partial charge in [-0.2, -0.15) is 0 Å². The standard InChI is InChI=1S/4C6H7O7.4Ti/c4*7-3(8)1-6(13,5(11)12)2-4(9)10;;;;/h4*1-2H2,(H,7,8)(H,9,10)(H,11,12);;;;/q4*-1;4*+4/p-12. The molecule has 0 aliphatic heterocycles. The van der Waals surface area contributed by atoms with Gasteiger partial charge < -0.3 is 139 Å². The van der Waals surface area contributed by atoms with E-state index >= 15 is 0 Å². The van der Waals surface area contributed by atoms with Crippen molar-refractivity contribution in [3.05, 3.63) is 0 Å². The summed E-state index contributed by atoms with van der Waals surface area (Å²) in [6.07, 6.45) is -11.8. The maximum Gasteiger partial charge on any atom is 4.00 e. The second-order valence-electron chi connectivity index (χ2n) is 9.52. The van der Waals surface area contributed by atoms with Crippen molar-refractivity contribution >= 4 is 71.6 Å². The third-order valence-electron chi connectivity index (χ3n) is 4.93. The summed E-state index contributed by atoms with van der Waals surface area (Å²) in [7, 11) is 0. The summed E-state index contributed by atoms with van der Waals surface area (Å²) < 4.78 is 0. The van der Waals surface area contributed by atoms with Crippen molar-refractivity contribution in [1.29, 1.82) is 0 Å². The molecule has 32 heteroatoms. The first-order valence-corrected chi connectivity index (χ1v) is 12.4. The van der Waals surface area contributed by atoms with Gasteiger partial charge in [0.1, 0.15) is 0 Å². The third kappa shape index (κ3) is 33.7. The van der Waals surface area contributed by atoms with Gasteiger partial charge in [0.15, 0.2) is 0 Å². The Balaban J connectivity index is -0.0000000893. The zero-order chi connectivity index (χ0) is 42.6. The van der Waals surface area contributed by atoms with Crippen molar-refractivity contribution in [2.75, 3.05) is 0 Å². The van der Waals surface area contributed by atoms with Gasteiger partial charge in [-0.3, -0.25) is 0 Å². The molecule has 0 aromatic carbocycles. The van der Waals surface area contributed by atoms with Crippen molar-refractivity contribution in [2.24, 2.45) is 0 Å². The monoisotopic (exact) mass is 944 g/mol. The van der Waals surface area contributed by atoms with Gasteiger partial charge in [0.05, 0.1) is 0 Å². The zero-order valence-electron chi connectivity index (χ0n) is 27.1. The molecular formula is C24H16O28Ti4. The molecule has 0 spiro atoms. The first-order chi connectivity index (χ1) is 23.1. The first kappa shape index (κ1) is 70.2. The van der Waals surface area contributed by atoms with Crippen LogP contribution in [0.4, 0.5) is 0 Å². The first-order valence-electron chi connectivity index (χ1n) is 12.4. The smallest absolute Gasteiger partial charge is 0.845 e. The Labute approximate surface area is 369 Å². The molecule has 0 aromatic rings. The van der Waals surface area contributed by atoms with Crippen molar-refractivity contribution < 1.29 is 226 Å². The van der Waals surface area contributed by atoms with E-state index in [4.69, 9.17) is 0 Å². The van der Waals surface area contributed by atoms with Crippen LogP contribution in [0.1, 0.15) is 51.4 Å². The Morgan fingerprint density at radius 2 is 0.304 bits per heavy atom. The predicted octanol–water partition coefficient (Wildman–Crippen LogP) is -23.5. The van der Waals surface area contributed by atoms with Crippen molar-refractivity contribution in [1.82, 2.24) is 0 Å². The summed E-state index contributed by atoms with van der Waals surface area (Å²) in [5.74, 6) is -24.9. The normalized spacial score (nSPS) is 10.1. The molecule has 0 heterocycles. The minimum absolute atomic E-state index is 0. The SMILES string of the molecule is O=C([O-])CC([O-])(CC(=O)[O-])C(=O)[O-].O=C([O-])CC([O-])(CC(=O)[O-])C(=O)[O-].O=C([O-])CC([O-])(CC(=O)[O-])C(=O)[O-].O=C([O-])CC([O-])(CC(=O)[O-])C(=O)[O-].[Ti+4].[Ti+4].[Ti+4].[Ti+4]. The summed E-state index contributed by atoms with van der Waals surface area (Å²) in [6.45, 7) is 0. The second kappa shape index (κ2) is 31.4. The molecule has 28 nitrogen and oxygen atoms in total. The van der Waals surface area contributed by atoms with E-state index in [1.807, 2.05) is 0 Å². The van der Waals surface area contributed by atoms with Gasteiger partial charge in [0, 0.05) is 71.6 Å². The second-order valence-corrected chi connectivity index (χ2v) is 9.52. The molecule has 56 heavy (non-hydrogen) atoms. The molecule has 296 valence electrons. The average Bonchev–Trinajstić information content (AvgIpc) is 2.85. The van der Waals surface area contributed by atoms with Crippen LogP contribution in [0.3, 0.4) is 0 Å². The van der Waals surface area contributed by atoms with Gasteiger partial charge >= 0.3 is 86.9 Å². The van der Waals surface area contributed by atoms with Crippen molar-refractivity contribution in [3.63, 3.8) is 0 Å². The average molecular weight is 944 g/mol. The Hall–Kier alpha value is -3.66. The van der Waals surface area contributed by atoms with Crippen molar-refractivity contribution in [3.8, 4) is 0 Å². The van der Waals surface area contributed by atoms with Gasteiger partial charge in [-0.05, 0) is 51.4 Å². The molecule has 0 aromatic heterocycles. The molecule has 0 atom stereocenters. The van der Waals surface area contributed by atoms with E-state index in [2.05, 4.69) is 0 Å². The quantitative estimate of drug-likeness (QED) is 0.102. The Morgan fingerprint density at radius 3 is 0.339 bits per heavy atom. The van der Waals surface area contributed by atoms with Crippen LogP contribution in [-0.4, -0.2) is 94.0 Å². The molecule has 0 radical (unpaired) electrons. The molecule has 0 saturated heterocycles. The molecule has 0 bridgehead atoms. The number of hydrogen-bond donors (Lipinski definition) is 0. The van der Waals surface area contributed by atoms with E-state index < -0.39 is 145 Å². The Kier molecular flexibility index (Phi) is 39.4. The summed E-state index contributed by atoms with van der Waals surface area (Å²) in [6, 6.07) is 0. The fraction of sp³-hybridized carbons (Fsp3) is 0.500. The number of hydrogen-bond acceptors (Lipinski definition) is 28. The molecule has 0 amide bonds. The number of carbonyl (C=O) groups excluding carboxylic acids is 12. The maximum atomic E-state index is 10.9. The van der Waals surface area contributed by atoms with Gasteiger partial charge in [0.25, 0.3) is 0 Å². The molecule has 0 rings (SSSR count). The molecule has 0 fully saturated rings. The number of carboxylic acids is 12. The minimum Gasteiger partial charge on any atom is -0.845 e. The molecule has 0 N–H and O–H groups in total. The van der Waals surface area contributed by atoms with Gasteiger partial charge in [-0.15, -0.1) is 0 Å². The van der Waals surface area contributed by atoms with Crippen LogP contribution in [0, 0.1) is 0 Å². The minimum atomic E-state index is -3.22. The van der Waals surface area contributed by atoms with Gasteiger partial charge in [-0.1, -0.05) is 22.4 Å². The largest absolute Gasteiger partial charge is 4.00 e. The van der Waals surface area contributed by atoms with E-state index in [1.54, 1.807) is 0 Å². The maximum absolute atomic E-state index is 10.9. The molecule has 0 aliphatic rings. The predicted molar refractivity (Wildman–Crippen MR) is 108 cm³/mol. The third-order valence-corrected chi connectivity index (χ3v) is 4.93. The fourth-order valence-corrected chi connectivity index (χ4v) is 2.69. The number of rotatable bonds is 20. The van der Waals surface area contributed by atoms with Crippen molar-refractivity contribution in [2.45, 2.75) is 73.8 Å². The zero-order valence-corrected chi connectivity index (χ0v) is 33.3. The summed E-state index contributed by atoms with van der Waals surface area (Å²) in [5.41, 5.74) is -12.9. The Morgan fingerprint density at radius 1 is 0.232 bits per heavy atom. The molecule has 0 aliphatic carbocycles. The topological polar surface area (TPSA) is 574 Å². The number of aliphatic carboxylic acids is 12. The summed E-state index contributed by atoms with van der Waals surface area (Å²) in [4.78, 5) is 119. The van der Waals surface area contributed by atoms with Crippen LogP contribution in [0.15, 0.2) is 0 Å². The molecular weight excluding hydrogens is 928 g/mol. The molecule has 0 saturated carbocycles. The van der Waals surface area contributed by atoms with Crippen LogP contribution in [0.2, 0.25) is 0 Å². The Bertz CT molecular complexity index is 1140. The summed E-state index contributed by atoms with van der Waals surface area (Å²) in [5, 5.41) is 163. The van der Waals surface area contributed by atoms with Crippen LogP contribution in [0.5, 0.6) is 0 Å². The van der Waals surface area contributed by atoms with Crippen LogP contribution >= 0.6 is 0 Å². The van der Waals surface area contributed by atoms with E-state index in [0.717, 1.165) is 0 Å². The number of carboxylic acid groups (broad SMARTS) is 12. The van der Waals surface area contributed by atoms with Crippen LogP contribution in [0.25, 0.3) is 0 Å². The van der Waals surface area contributed by atoms with Gasteiger partial charge in [0.2, 0.25) is 0 Å².